The molecule has 1 aliphatic rings. The van der Waals surface area contributed by atoms with E-state index >= 15 is 0 Å². The van der Waals surface area contributed by atoms with Gasteiger partial charge >= 0.3 is 0 Å². The minimum atomic E-state index is 0.593. The van der Waals surface area contributed by atoms with Crippen molar-refractivity contribution in [3.63, 3.8) is 0 Å². The largest absolute Gasteiger partial charge is 0.344 e. The second-order valence-corrected chi connectivity index (χ2v) is 6.30. The molecule has 1 aromatic carbocycles. The predicted molar refractivity (Wildman–Crippen MR) is 78.3 cm³/mol. The standard InChI is InChI=1S/C13H15BrN2S/c1-9-6-7-16(11(9)8-14)13-15-10-4-2-3-5-12(10)17-13/h2-5,9,11H,6-8H2,1H3. The average molecular weight is 311 g/mol. The summed E-state index contributed by atoms with van der Waals surface area (Å²) in [4.78, 5) is 7.21. The number of rotatable bonds is 2. The van der Waals surface area contributed by atoms with Crippen LogP contribution < -0.4 is 4.90 Å². The fourth-order valence-electron chi connectivity index (χ4n) is 2.46. The molecule has 1 fully saturated rings. The van der Waals surface area contributed by atoms with Crippen LogP contribution in [0.25, 0.3) is 10.2 Å². The monoisotopic (exact) mass is 310 g/mol. The van der Waals surface area contributed by atoms with Gasteiger partial charge in [-0.3, -0.25) is 0 Å². The van der Waals surface area contributed by atoms with Crippen LogP contribution >= 0.6 is 27.3 Å². The molecule has 90 valence electrons. The molecule has 2 atom stereocenters. The lowest BCUT2D eigenvalue weighted by molar-refractivity contribution is 0.554. The quantitative estimate of drug-likeness (QED) is 0.782. The van der Waals surface area contributed by atoms with Crippen molar-refractivity contribution in [1.29, 1.82) is 0 Å². The van der Waals surface area contributed by atoms with E-state index in [2.05, 4.69) is 52.0 Å². The van der Waals surface area contributed by atoms with E-state index in [1.807, 2.05) is 11.3 Å². The van der Waals surface area contributed by atoms with Crippen LogP contribution in [0.2, 0.25) is 0 Å². The Labute approximate surface area is 114 Å². The average Bonchev–Trinajstić information content (AvgIpc) is 2.91. The number of nitrogens with zero attached hydrogens (tertiary/aromatic N) is 2. The van der Waals surface area contributed by atoms with Gasteiger partial charge in [0.05, 0.1) is 10.2 Å². The Kier molecular flexibility index (Phi) is 3.09. The lowest BCUT2D eigenvalue weighted by atomic mass is 10.1. The van der Waals surface area contributed by atoms with Gasteiger partial charge in [0, 0.05) is 17.9 Å². The summed E-state index contributed by atoms with van der Waals surface area (Å²) >= 11 is 5.44. The van der Waals surface area contributed by atoms with Crippen LogP contribution in [0.1, 0.15) is 13.3 Å². The van der Waals surface area contributed by atoms with Gasteiger partial charge in [0.2, 0.25) is 0 Å². The predicted octanol–water partition coefficient (Wildman–Crippen LogP) is 3.91. The van der Waals surface area contributed by atoms with Gasteiger partial charge in [0.25, 0.3) is 0 Å². The van der Waals surface area contributed by atoms with Gasteiger partial charge in [-0.25, -0.2) is 4.98 Å². The van der Waals surface area contributed by atoms with E-state index in [1.165, 1.54) is 16.3 Å². The van der Waals surface area contributed by atoms with Crippen LogP contribution in [0.15, 0.2) is 24.3 Å². The number of thiazole rings is 1. The summed E-state index contributed by atoms with van der Waals surface area (Å²) in [5, 5.41) is 2.21. The number of alkyl halides is 1. The van der Waals surface area contributed by atoms with E-state index in [0.717, 1.165) is 23.3 Å². The zero-order valence-electron chi connectivity index (χ0n) is 9.77. The molecule has 1 saturated heterocycles. The third-order valence-electron chi connectivity index (χ3n) is 3.57. The fourth-order valence-corrected chi connectivity index (χ4v) is 4.50. The van der Waals surface area contributed by atoms with Gasteiger partial charge in [0.15, 0.2) is 5.13 Å². The molecule has 2 aromatic rings. The Morgan fingerprint density at radius 2 is 2.29 bits per heavy atom. The lowest BCUT2D eigenvalue weighted by Gasteiger charge is -2.24. The third kappa shape index (κ3) is 1.97. The van der Waals surface area contributed by atoms with E-state index in [9.17, 15) is 0 Å². The minimum Gasteiger partial charge on any atom is -0.344 e. The van der Waals surface area contributed by atoms with Gasteiger partial charge in [-0.2, -0.15) is 0 Å². The van der Waals surface area contributed by atoms with E-state index in [-0.39, 0.29) is 0 Å². The van der Waals surface area contributed by atoms with Gasteiger partial charge in [-0.05, 0) is 24.5 Å². The molecule has 17 heavy (non-hydrogen) atoms. The summed E-state index contributed by atoms with van der Waals surface area (Å²) in [5.74, 6) is 0.751. The molecule has 1 aliphatic heterocycles. The number of benzene rings is 1. The molecule has 0 spiro atoms. The molecule has 1 aromatic heterocycles. The summed E-state index contributed by atoms with van der Waals surface area (Å²) in [6.07, 6.45) is 1.27. The number of fused-ring (bicyclic) bond motifs is 1. The maximum atomic E-state index is 4.75. The molecule has 2 nitrogen and oxygen atoms in total. The van der Waals surface area contributed by atoms with E-state index in [0.29, 0.717) is 6.04 Å². The number of anilines is 1. The SMILES string of the molecule is CC1CCN(c2nc3ccccc3s2)C1CBr. The van der Waals surface area contributed by atoms with Crippen LogP contribution in [0.4, 0.5) is 5.13 Å². The second-order valence-electron chi connectivity index (χ2n) is 4.65. The van der Waals surface area contributed by atoms with Crippen LogP contribution in [0.5, 0.6) is 0 Å². The van der Waals surface area contributed by atoms with Gasteiger partial charge < -0.3 is 4.90 Å². The minimum absolute atomic E-state index is 0.593. The third-order valence-corrected chi connectivity index (χ3v) is 5.31. The highest BCUT2D eigenvalue weighted by Gasteiger charge is 2.31. The van der Waals surface area contributed by atoms with Gasteiger partial charge in [0.1, 0.15) is 0 Å². The number of hydrogen-bond acceptors (Lipinski definition) is 3. The van der Waals surface area contributed by atoms with Crippen molar-refractivity contribution >= 4 is 42.6 Å². The van der Waals surface area contributed by atoms with Crippen molar-refractivity contribution in [2.75, 3.05) is 16.8 Å². The Hall–Kier alpha value is -0.610. The van der Waals surface area contributed by atoms with Gasteiger partial charge in [-0.1, -0.05) is 46.3 Å². The molecule has 0 N–H and O–H groups in total. The van der Waals surface area contributed by atoms with Crippen molar-refractivity contribution in [3.8, 4) is 0 Å². The van der Waals surface area contributed by atoms with Crippen molar-refractivity contribution in [1.82, 2.24) is 4.98 Å². The summed E-state index contributed by atoms with van der Waals surface area (Å²) < 4.78 is 1.29. The Morgan fingerprint density at radius 3 is 3.06 bits per heavy atom. The van der Waals surface area contributed by atoms with E-state index in [1.54, 1.807) is 0 Å². The highest BCUT2D eigenvalue weighted by molar-refractivity contribution is 9.09. The molecule has 0 saturated carbocycles. The van der Waals surface area contributed by atoms with Crippen LogP contribution in [0, 0.1) is 5.92 Å². The highest BCUT2D eigenvalue weighted by atomic mass is 79.9. The van der Waals surface area contributed by atoms with Crippen LogP contribution in [-0.4, -0.2) is 22.9 Å². The first-order valence-electron chi connectivity index (χ1n) is 5.98. The smallest absolute Gasteiger partial charge is 0.186 e. The van der Waals surface area contributed by atoms with Crippen molar-refractivity contribution in [2.24, 2.45) is 5.92 Å². The Balaban J connectivity index is 1.98. The van der Waals surface area contributed by atoms with E-state index in [4.69, 9.17) is 4.98 Å². The molecule has 3 rings (SSSR count). The maximum Gasteiger partial charge on any atom is 0.186 e. The fraction of sp³-hybridized carbons (Fsp3) is 0.462. The van der Waals surface area contributed by atoms with Crippen molar-refractivity contribution in [3.05, 3.63) is 24.3 Å². The summed E-state index contributed by atoms with van der Waals surface area (Å²) in [6.45, 7) is 3.47. The molecule has 2 heterocycles. The first-order chi connectivity index (χ1) is 8.29. The molecular formula is C13H15BrN2S. The maximum absolute atomic E-state index is 4.75. The lowest BCUT2D eigenvalue weighted by Crippen LogP contribution is -2.33. The van der Waals surface area contributed by atoms with E-state index < -0.39 is 0 Å². The number of halogens is 1. The molecule has 0 aliphatic carbocycles. The topological polar surface area (TPSA) is 16.1 Å². The highest BCUT2D eigenvalue weighted by Crippen LogP contribution is 2.35. The van der Waals surface area contributed by atoms with Crippen LogP contribution in [0.3, 0.4) is 0 Å². The van der Waals surface area contributed by atoms with Gasteiger partial charge in [-0.15, -0.1) is 0 Å². The molecule has 0 radical (unpaired) electrons. The number of hydrogen-bond donors (Lipinski definition) is 0. The second kappa shape index (κ2) is 4.58. The normalized spacial score (nSPS) is 24.7. The number of para-hydroxylation sites is 1. The summed E-state index contributed by atoms with van der Waals surface area (Å²) in [6, 6.07) is 8.98. The Bertz CT molecular complexity index is 492. The summed E-state index contributed by atoms with van der Waals surface area (Å²) in [5.41, 5.74) is 1.13. The zero-order chi connectivity index (χ0) is 11.8. The molecular weight excluding hydrogens is 296 g/mol. The summed E-state index contributed by atoms with van der Waals surface area (Å²) in [7, 11) is 0. The molecule has 0 amide bonds. The molecule has 0 bridgehead atoms. The van der Waals surface area contributed by atoms with Crippen molar-refractivity contribution < 1.29 is 0 Å². The number of aromatic nitrogens is 1. The van der Waals surface area contributed by atoms with Crippen LogP contribution in [-0.2, 0) is 0 Å². The first kappa shape index (κ1) is 11.5. The Morgan fingerprint density at radius 1 is 1.47 bits per heavy atom. The zero-order valence-corrected chi connectivity index (χ0v) is 12.2. The molecule has 2 unspecified atom stereocenters. The van der Waals surface area contributed by atoms with Crippen molar-refractivity contribution in [2.45, 2.75) is 19.4 Å². The first-order valence-corrected chi connectivity index (χ1v) is 7.91. The molecule has 4 heteroatoms.